The number of nitrogens with one attached hydrogen (secondary N) is 1. The predicted molar refractivity (Wildman–Crippen MR) is 69.9 cm³/mol. The van der Waals surface area contributed by atoms with E-state index in [1.807, 2.05) is 0 Å². The quantitative estimate of drug-likeness (QED) is 0.815. The summed E-state index contributed by atoms with van der Waals surface area (Å²) in [5.74, 6) is 0.436. The van der Waals surface area contributed by atoms with Crippen LogP contribution in [0, 0.1) is 11.7 Å². The first kappa shape index (κ1) is 12.8. The van der Waals surface area contributed by atoms with Gasteiger partial charge in [-0.15, -0.1) is 0 Å². The molecule has 1 saturated carbocycles. The maximum absolute atomic E-state index is 13.5. The van der Waals surface area contributed by atoms with E-state index in [1.165, 1.54) is 18.9 Å². The molecule has 0 bridgehead atoms. The zero-order chi connectivity index (χ0) is 12.3. The van der Waals surface area contributed by atoms with Crippen molar-refractivity contribution in [1.82, 2.24) is 5.32 Å². The Morgan fingerprint density at radius 2 is 2.24 bits per heavy atom. The molecule has 0 amide bonds. The van der Waals surface area contributed by atoms with Gasteiger partial charge in [-0.05, 0) is 61.9 Å². The van der Waals surface area contributed by atoms with Gasteiger partial charge in [-0.25, -0.2) is 4.39 Å². The second-order valence-corrected chi connectivity index (χ2v) is 5.50. The van der Waals surface area contributed by atoms with Gasteiger partial charge in [0.25, 0.3) is 0 Å². The van der Waals surface area contributed by atoms with Gasteiger partial charge in [0.1, 0.15) is 5.82 Å². The first-order valence-electron chi connectivity index (χ1n) is 6.32. The molecule has 0 heterocycles. The Morgan fingerprint density at radius 1 is 1.47 bits per heavy atom. The molecule has 0 saturated heterocycles. The number of rotatable bonds is 6. The molecule has 0 radical (unpaired) electrons. The Kier molecular flexibility index (Phi) is 4.41. The molecule has 1 aromatic rings. The Morgan fingerprint density at radius 3 is 2.94 bits per heavy atom. The van der Waals surface area contributed by atoms with Crippen LogP contribution in [0.2, 0.25) is 5.02 Å². The van der Waals surface area contributed by atoms with Crippen LogP contribution in [0.25, 0.3) is 0 Å². The molecule has 2 rings (SSSR count). The highest BCUT2D eigenvalue weighted by Crippen LogP contribution is 2.20. The molecule has 1 N–H and O–H groups in total. The summed E-state index contributed by atoms with van der Waals surface area (Å²) in [4.78, 5) is 0. The van der Waals surface area contributed by atoms with Crippen LogP contribution in [0.15, 0.2) is 18.2 Å². The van der Waals surface area contributed by atoms with Gasteiger partial charge in [0.05, 0.1) is 0 Å². The van der Waals surface area contributed by atoms with Gasteiger partial charge in [0.15, 0.2) is 0 Å². The molecule has 1 atom stereocenters. The average Bonchev–Trinajstić information content (AvgIpc) is 3.11. The van der Waals surface area contributed by atoms with E-state index in [2.05, 4.69) is 12.2 Å². The van der Waals surface area contributed by atoms with E-state index < -0.39 is 0 Å². The van der Waals surface area contributed by atoms with Crippen LogP contribution in [0.1, 0.15) is 31.7 Å². The second kappa shape index (κ2) is 5.83. The van der Waals surface area contributed by atoms with Crippen LogP contribution < -0.4 is 5.32 Å². The van der Waals surface area contributed by atoms with Crippen molar-refractivity contribution in [2.45, 2.75) is 38.6 Å². The zero-order valence-electron chi connectivity index (χ0n) is 10.2. The van der Waals surface area contributed by atoms with Crippen molar-refractivity contribution in [1.29, 1.82) is 0 Å². The molecule has 1 unspecified atom stereocenters. The lowest BCUT2D eigenvalue weighted by molar-refractivity contribution is 0.474. The van der Waals surface area contributed by atoms with Gasteiger partial charge < -0.3 is 5.32 Å². The minimum absolute atomic E-state index is 0.142. The standard InChI is InChI=1S/C14H19ClFN/c1-10(9-17-13-5-6-13)2-3-11-8-12(15)4-7-14(11)16/h4,7-8,10,13,17H,2-3,5-6,9H2,1H3. The lowest BCUT2D eigenvalue weighted by Gasteiger charge is -2.12. The van der Waals surface area contributed by atoms with Crippen molar-refractivity contribution in [2.24, 2.45) is 5.92 Å². The molecule has 3 heteroatoms. The van der Waals surface area contributed by atoms with Gasteiger partial charge >= 0.3 is 0 Å². The molecular formula is C14H19ClFN. The van der Waals surface area contributed by atoms with E-state index in [0.29, 0.717) is 10.9 Å². The smallest absolute Gasteiger partial charge is 0.126 e. The minimum atomic E-state index is -0.142. The monoisotopic (exact) mass is 255 g/mol. The Labute approximate surface area is 107 Å². The van der Waals surface area contributed by atoms with Crippen LogP contribution in [-0.4, -0.2) is 12.6 Å². The highest BCUT2D eigenvalue weighted by Gasteiger charge is 2.20. The molecule has 1 nitrogen and oxygen atoms in total. The molecule has 1 aliphatic rings. The molecule has 1 aromatic carbocycles. The van der Waals surface area contributed by atoms with Crippen molar-refractivity contribution < 1.29 is 4.39 Å². The van der Waals surface area contributed by atoms with Crippen molar-refractivity contribution in [3.8, 4) is 0 Å². The molecule has 0 spiro atoms. The van der Waals surface area contributed by atoms with E-state index in [-0.39, 0.29) is 5.82 Å². The van der Waals surface area contributed by atoms with Crippen molar-refractivity contribution in [3.05, 3.63) is 34.6 Å². The van der Waals surface area contributed by atoms with Crippen LogP contribution >= 0.6 is 11.6 Å². The third-order valence-electron chi connectivity index (χ3n) is 3.25. The summed E-state index contributed by atoms with van der Waals surface area (Å²) in [5, 5.41) is 4.11. The maximum Gasteiger partial charge on any atom is 0.126 e. The van der Waals surface area contributed by atoms with Gasteiger partial charge in [0, 0.05) is 11.1 Å². The molecule has 1 aliphatic carbocycles. The number of halogens is 2. The lowest BCUT2D eigenvalue weighted by atomic mass is 10.0. The summed E-state index contributed by atoms with van der Waals surface area (Å²) in [6.45, 7) is 3.24. The number of hydrogen-bond donors (Lipinski definition) is 1. The van der Waals surface area contributed by atoms with E-state index in [9.17, 15) is 4.39 Å². The number of benzene rings is 1. The number of aryl methyl sites for hydroxylation is 1. The minimum Gasteiger partial charge on any atom is -0.314 e. The Balaban J connectivity index is 1.77. The molecule has 0 aliphatic heterocycles. The summed E-state index contributed by atoms with van der Waals surface area (Å²) in [6, 6.07) is 5.53. The fraction of sp³-hybridized carbons (Fsp3) is 0.571. The maximum atomic E-state index is 13.5. The first-order chi connectivity index (χ1) is 8.15. The van der Waals surface area contributed by atoms with Crippen LogP contribution in [-0.2, 0) is 6.42 Å². The fourth-order valence-corrected chi connectivity index (χ4v) is 2.09. The fourth-order valence-electron chi connectivity index (χ4n) is 1.89. The van der Waals surface area contributed by atoms with Gasteiger partial charge in [0.2, 0.25) is 0 Å². The molecule has 17 heavy (non-hydrogen) atoms. The van der Waals surface area contributed by atoms with Gasteiger partial charge in [-0.3, -0.25) is 0 Å². The summed E-state index contributed by atoms with van der Waals surface area (Å²) < 4.78 is 13.5. The topological polar surface area (TPSA) is 12.0 Å². The van der Waals surface area contributed by atoms with Crippen molar-refractivity contribution >= 4 is 11.6 Å². The highest BCUT2D eigenvalue weighted by molar-refractivity contribution is 6.30. The normalized spacial score (nSPS) is 17.1. The number of hydrogen-bond acceptors (Lipinski definition) is 1. The average molecular weight is 256 g/mol. The third kappa shape index (κ3) is 4.29. The van der Waals surface area contributed by atoms with Gasteiger partial charge in [-0.1, -0.05) is 18.5 Å². The van der Waals surface area contributed by atoms with E-state index >= 15 is 0 Å². The lowest BCUT2D eigenvalue weighted by Crippen LogP contribution is -2.23. The van der Waals surface area contributed by atoms with Crippen molar-refractivity contribution in [2.75, 3.05) is 6.54 Å². The molecule has 1 fully saturated rings. The van der Waals surface area contributed by atoms with E-state index in [1.54, 1.807) is 12.1 Å². The van der Waals surface area contributed by atoms with Crippen LogP contribution in [0.4, 0.5) is 4.39 Å². The SMILES string of the molecule is CC(CCc1cc(Cl)ccc1F)CNC1CC1. The predicted octanol–water partition coefficient (Wildman–Crippen LogP) is 3.80. The molecule has 94 valence electrons. The first-order valence-corrected chi connectivity index (χ1v) is 6.70. The van der Waals surface area contributed by atoms with Gasteiger partial charge in [-0.2, -0.15) is 0 Å². The highest BCUT2D eigenvalue weighted by atomic mass is 35.5. The Hall–Kier alpha value is -0.600. The van der Waals surface area contributed by atoms with E-state index in [0.717, 1.165) is 31.0 Å². The van der Waals surface area contributed by atoms with Crippen LogP contribution in [0.5, 0.6) is 0 Å². The summed E-state index contributed by atoms with van der Waals surface area (Å²) in [6.07, 6.45) is 4.39. The zero-order valence-corrected chi connectivity index (χ0v) is 10.9. The second-order valence-electron chi connectivity index (χ2n) is 5.06. The molecule has 0 aromatic heterocycles. The van der Waals surface area contributed by atoms with Crippen LogP contribution in [0.3, 0.4) is 0 Å². The third-order valence-corrected chi connectivity index (χ3v) is 3.48. The summed E-state index contributed by atoms with van der Waals surface area (Å²) in [7, 11) is 0. The Bertz CT molecular complexity index is 376. The molecular weight excluding hydrogens is 237 g/mol. The largest absolute Gasteiger partial charge is 0.314 e. The summed E-state index contributed by atoms with van der Waals surface area (Å²) >= 11 is 5.86. The van der Waals surface area contributed by atoms with Crippen molar-refractivity contribution in [3.63, 3.8) is 0 Å². The van der Waals surface area contributed by atoms with E-state index in [4.69, 9.17) is 11.6 Å². The summed E-state index contributed by atoms with van der Waals surface area (Å²) in [5.41, 5.74) is 0.732.